The molecule has 1 atom stereocenters. The minimum absolute atomic E-state index is 0.0195. The fraction of sp³-hybridized carbons (Fsp3) is 0.480. The summed E-state index contributed by atoms with van der Waals surface area (Å²) in [4.78, 5) is 14.7. The van der Waals surface area contributed by atoms with E-state index in [4.69, 9.17) is 4.74 Å². The Morgan fingerprint density at radius 3 is 2.58 bits per heavy atom. The van der Waals surface area contributed by atoms with Crippen LogP contribution in [0.5, 0.6) is 5.75 Å². The van der Waals surface area contributed by atoms with Crippen LogP contribution in [0.1, 0.15) is 38.7 Å². The number of likely N-dealkylation sites (tertiary alicyclic amines) is 1. The van der Waals surface area contributed by atoms with Gasteiger partial charge in [0.15, 0.2) is 11.6 Å². The van der Waals surface area contributed by atoms with Crippen molar-refractivity contribution in [1.82, 2.24) is 10.2 Å². The van der Waals surface area contributed by atoms with Crippen LogP contribution in [0, 0.1) is 5.82 Å². The van der Waals surface area contributed by atoms with E-state index in [1.54, 1.807) is 18.2 Å². The number of para-hydroxylation sites is 1. The van der Waals surface area contributed by atoms with Crippen LogP contribution in [0.3, 0.4) is 0 Å². The number of aliphatic hydroxyl groups is 1. The Kier molecular flexibility index (Phi) is 7.68. The standard InChI is InChI=1S/C25H33FN2O3/c1-24(2,17-20-9-4-3-5-10-20)27-23(29)18-28-15-8-13-25(30,14-16-28)19-31-22-12-7-6-11-21(22)26/h3-7,9-12,30H,8,13-19H2,1-2H3,(H,27,29). The first-order chi connectivity index (χ1) is 14.7. The van der Waals surface area contributed by atoms with Gasteiger partial charge in [0.25, 0.3) is 0 Å². The maximum Gasteiger partial charge on any atom is 0.234 e. The Morgan fingerprint density at radius 2 is 1.84 bits per heavy atom. The third-order valence-corrected chi connectivity index (χ3v) is 5.68. The molecule has 5 nitrogen and oxygen atoms in total. The van der Waals surface area contributed by atoms with Crippen LogP contribution in [0.25, 0.3) is 0 Å². The predicted molar refractivity (Wildman–Crippen MR) is 120 cm³/mol. The number of carbonyl (C=O) groups is 1. The van der Waals surface area contributed by atoms with E-state index < -0.39 is 11.4 Å². The summed E-state index contributed by atoms with van der Waals surface area (Å²) in [5.41, 5.74) is -0.193. The molecule has 0 aliphatic carbocycles. The second-order valence-electron chi connectivity index (χ2n) is 9.17. The Morgan fingerprint density at radius 1 is 1.13 bits per heavy atom. The SMILES string of the molecule is CC(C)(Cc1ccccc1)NC(=O)CN1CCCC(O)(COc2ccccc2F)CC1. The molecule has 31 heavy (non-hydrogen) atoms. The zero-order valence-corrected chi connectivity index (χ0v) is 18.4. The highest BCUT2D eigenvalue weighted by molar-refractivity contribution is 5.78. The van der Waals surface area contributed by atoms with Crippen molar-refractivity contribution in [1.29, 1.82) is 0 Å². The molecule has 1 aliphatic rings. The quantitative estimate of drug-likeness (QED) is 0.675. The van der Waals surface area contributed by atoms with Gasteiger partial charge in [-0.1, -0.05) is 42.5 Å². The van der Waals surface area contributed by atoms with Gasteiger partial charge in [0, 0.05) is 12.1 Å². The van der Waals surface area contributed by atoms with Crippen molar-refractivity contribution in [3.63, 3.8) is 0 Å². The minimum Gasteiger partial charge on any atom is -0.488 e. The zero-order chi connectivity index (χ0) is 22.3. The monoisotopic (exact) mass is 428 g/mol. The lowest BCUT2D eigenvalue weighted by Crippen LogP contribution is -2.49. The smallest absolute Gasteiger partial charge is 0.234 e. The molecule has 1 aliphatic heterocycles. The lowest BCUT2D eigenvalue weighted by Gasteiger charge is -2.29. The molecule has 0 spiro atoms. The maximum absolute atomic E-state index is 13.8. The number of rotatable bonds is 8. The van der Waals surface area contributed by atoms with Crippen LogP contribution in [0.2, 0.25) is 0 Å². The number of benzene rings is 2. The van der Waals surface area contributed by atoms with E-state index in [0.717, 1.165) is 19.4 Å². The molecule has 1 amide bonds. The van der Waals surface area contributed by atoms with E-state index in [2.05, 4.69) is 22.3 Å². The van der Waals surface area contributed by atoms with Crippen molar-refractivity contribution in [2.45, 2.75) is 50.7 Å². The number of halogens is 1. The Hall–Kier alpha value is -2.44. The summed E-state index contributed by atoms with van der Waals surface area (Å²) in [6.45, 7) is 5.71. The Bertz CT molecular complexity index is 859. The van der Waals surface area contributed by atoms with Gasteiger partial charge in [-0.2, -0.15) is 0 Å². The number of amides is 1. The van der Waals surface area contributed by atoms with Crippen molar-refractivity contribution < 1.29 is 19.0 Å². The topological polar surface area (TPSA) is 61.8 Å². The van der Waals surface area contributed by atoms with E-state index in [1.165, 1.54) is 11.6 Å². The van der Waals surface area contributed by atoms with E-state index in [1.807, 2.05) is 32.0 Å². The van der Waals surface area contributed by atoms with Crippen molar-refractivity contribution in [2.24, 2.45) is 0 Å². The second kappa shape index (κ2) is 10.2. The fourth-order valence-corrected chi connectivity index (χ4v) is 4.08. The van der Waals surface area contributed by atoms with Gasteiger partial charge in [0.05, 0.1) is 12.1 Å². The lowest BCUT2D eigenvalue weighted by molar-refractivity contribution is -0.123. The third-order valence-electron chi connectivity index (χ3n) is 5.68. The molecule has 1 saturated heterocycles. The van der Waals surface area contributed by atoms with Gasteiger partial charge in [-0.25, -0.2) is 4.39 Å². The lowest BCUT2D eigenvalue weighted by atomic mass is 9.95. The summed E-state index contributed by atoms with van der Waals surface area (Å²) >= 11 is 0. The molecule has 168 valence electrons. The van der Waals surface area contributed by atoms with Crippen molar-refractivity contribution in [2.75, 3.05) is 26.2 Å². The van der Waals surface area contributed by atoms with Crippen molar-refractivity contribution in [3.05, 3.63) is 66.0 Å². The molecule has 2 aromatic rings. The average Bonchev–Trinajstić information content (AvgIpc) is 2.89. The summed E-state index contributed by atoms with van der Waals surface area (Å²) in [5, 5.41) is 14.1. The number of nitrogens with one attached hydrogen (secondary N) is 1. The Labute approximate surface area is 184 Å². The van der Waals surface area contributed by atoms with Gasteiger partial charge < -0.3 is 15.2 Å². The van der Waals surface area contributed by atoms with E-state index in [-0.39, 0.29) is 23.8 Å². The molecule has 0 saturated carbocycles. The van der Waals surface area contributed by atoms with Crippen LogP contribution in [0.15, 0.2) is 54.6 Å². The van der Waals surface area contributed by atoms with Gasteiger partial charge in [0.1, 0.15) is 6.61 Å². The summed E-state index contributed by atoms with van der Waals surface area (Å²) in [7, 11) is 0. The zero-order valence-electron chi connectivity index (χ0n) is 18.4. The number of hydrogen-bond acceptors (Lipinski definition) is 4. The first-order valence-corrected chi connectivity index (χ1v) is 10.9. The number of ether oxygens (including phenoxy) is 1. The summed E-state index contributed by atoms with van der Waals surface area (Å²) in [5.74, 6) is -0.304. The molecular formula is C25H33FN2O3. The molecule has 3 rings (SSSR count). The summed E-state index contributed by atoms with van der Waals surface area (Å²) < 4.78 is 19.3. The largest absolute Gasteiger partial charge is 0.488 e. The molecule has 0 radical (unpaired) electrons. The van der Waals surface area contributed by atoms with Crippen LogP contribution in [-0.2, 0) is 11.2 Å². The van der Waals surface area contributed by atoms with Gasteiger partial charge >= 0.3 is 0 Å². The van der Waals surface area contributed by atoms with Crippen LogP contribution in [0.4, 0.5) is 4.39 Å². The highest BCUT2D eigenvalue weighted by Gasteiger charge is 2.32. The first kappa shape index (κ1) is 23.2. The second-order valence-corrected chi connectivity index (χ2v) is 9.17. The molecule has 6 heteroatoms. The van der Waals surface area contributed by atoms with Gasteiger partial charge in [-0.3, -0.25) is 9.69 Å². The number of carbonyl (C=O) groups excluding carboxylic acids is 1. The normalized spacial score (nSPS) is 20.1. The predicted octanol–water partition coefficient (Wildman–Crippen LogP) is 3.56. The van der Waals surface area contributed by atoms with Gasteiger partial charge in [-0.05, 0) is 63.8 Å². The molecule has 1 unspecified atom stereocenters. The highest BCUT2D eigenvalue weighted by atomic mass is 19.1. The highest BCUT2D eigenvalue weighted by Crippen LogP contribution is 2.25. The molecule has 2 aromatic carbocycles. The maximum atomic E-state index is 13.8. The van der Waals surface area contributed by atoms with Gasteiger partial charge in [0.2, 0.25) is 5.91 Å². The molecule has 1 fully saturated rings. The van der Waals surface area contributed by atoms with Crippen molar-refractivity contribution in [3.8, 4) is 5.75 Å². The number of hydrogen-bond donors (Lipinski definition) is 2. The third kappa shape index (κ3) is 7.33. The molecule has 0 bridgehead atoms. The van der Waals surface area contributed by atoms with Crippen LogP contribution < -0.4 is 10.1 Å². The average molecular weight is 429 g/mol. The van der Waals surface area contributed by atoms with E-state index in [9.17, 15) is 14.3 Å². The Balaban J connectivity index is 1.47. The van der Waals surface area contributed by atoms with Crippen LogP contribution >= 0.6 is 0 Å². The molecule has 2 N–H and O–H groups in total. The minimum atomic E-state index is -1.03. The van der Waals surface area contributed by atoms with E-state index >= 15 is 0 Å². The molecule has 1 heterocycles. The fourth-order valence-electron chi connectivity index (χ4n) is 4.08. The van der Waals surface area contributed by atoms with E-state index in [0.29, 0.717) is 25.9 Å². The summed E-state index contributed by atoms with van der Waals surface area (Å²) in [6.07, 6.45) is 2.53. The molecule has 0 aromatic heterocycles. The number of nitrogens with zero attached hydrogens (tertiary/aromatic N) is 1. The summed E-state index contributed by atoms with van der Waals surface area (Å²) in [6, 6.07) is 16.3. The van der Waals surface area contributed by atoms with Crippen molar-refractivity contribution >= 4 is 5.91 Å². The first-order valence-electron chi connectivity index (χ1n) is 10.9. The molecular weight excluding hydrogens is 395 g/mol. The van der Waals surface area contributed by atoms with Gasteiger partial charge in [-0.15, -0.1) is 0 Å². The van der Waals surface area contributed by atoms with Crippen LogP contribution in [-0.4, -0.2) is 53.3 Å².